The van der Waals surface area contributed by atoms with Gasteiger partial charge in [-0.1, -0.05) is 30.3 Å². The second-order valence-electron chi connectivity index (χ2n) is 6.57. The maximum absolute atomic E-state index is 6.20. The Morgan fingerprint density at radius 1 is 0.962 bits per heavy atom. The molecule has 0 unspecified atom stereocenters. The van der Waals surface area contributed by atoms with Gasteiger partial charge in [0.15, 0.2) is 0 Å². The number of nitrogens with two attached hydrogens (primary N) is 1. The number of rotatable bonds is 4. The van der Waals surface area contributed by atoms with Crippen molar-refractivity contribution in [3.8, 4) is 17.1 Å². The molecule has 1 aromatic heterocycles. The SMILES string of the molecule is Cc1cc2nc(-c3ccc(OCc4ccccc4)c(N)c3)[nH]c2cc1C. The summed E-state index contributed by atoms with van der Waals surface area (Å²) in [7, 11) is 0. The average Bonchev–Trinajstić information content (AvgIpc) is 3.04. The van der Waals surface area contributed by atoms with Crippen LogP contribution in [0.25, 0.3) is 22.4 Å². The topological polar surface area (TPSA) is 63.9 Å². The lowest BCUT2D eigenvalue weighted by Crippen LogP contribution is -1.99. The lowest BCUT2D eigenvalue weighted by molar-refractivity contribution is 0.308. The van der Waals surface area contributed by atoms with Crippen LogP contribution in [-0.2, 0) is 6.61 Å². The molecule has 0 bridgehead atoms. The molecular formula is C22H21N3O. The predicted octanol–water partition coefficient (Wildman–Crippen LogP) is 5.01. The van der Waals surface area contributed by atoms with Gasteiger partial charge in [-0.2, -0.15) is 0 Å². The average molecular weight is 343 g/mol. The molecule has 4 aromatic rings. The van der Waals surface area contributed by atoms with Gasteiger partial charge in [-0.3, -0.25) is 0 Å². The smallest absolute Gasteiger partial charge is 0.142 e. The first kappa shape index (κ1) is 16.2. The highest BCUT2D eigenvalue weighted by molar-refractivity contribution is 5.81. The van der Waals surface area contributed by atoms with Crippen molar-refractivity contribution >= 4 is 16.7 Å². The maximum atomic E-state index is 6.20. The summed E-state index contributed by atoms with van der Waals surface area (Å²) in [5.41, 5.74) is 13.3. The molecule has 0 spiro atoms. The van der Waals surface area contributed by atoms with Gasteiger partial charge in [0.2, 0.25) is 0 Å². The van der Waals surface area contributed by atoms with Gasteiger partial charge in [-0.25, -0.2) is 4.98 Å². The first-order valence-corrected chi connectivity index (χ1v) is 8.64. The number of nitrogen functional groups attached to an aromatic ring is 1. The van der Waals surface area contributed by atoms with E-state index in [4.69, 9.17) is 15.5 Å². The first-order chi connectivity index (χ1) is 12.6. The molecule has 130 valence electrons. The Balaban J connectivity index is 1.59. The minimum Gasteiger partial charge on any atom is -0.487 e. The van der Waals surface area contributed by atoms with Gasteiger partial charge in [0, 0.05) is 5.56 Å². The molecule has 0 atom stereocenters. The van der Waals surface area contributed by atoms with Crippen molar-refractivity contribution < 1.29 is 4.74 Å². The third kappa shape index (κ3) is 3.14. The van der Waals surface area contributed by atoms with Gasteiger partial charge in [0.1, 0.15) is 18.2 Å². The first-order valence-electron chi connectivity index (χ1n) is 8.64. The number of H-pyrrole nitrogens is 1. The summed E-state index contributed by atoms with van der Waals surface area (Å²) in [4.78, 5) is 8.07. The number of anilines is 1. The van der Waals surface area contributed by atoms with E-state index < -0.39 is 0 Å². The van der Waals surface area contributed by atoms with Crippen LogP contribution in [0.15, 0.2) is 60.7 Å². The summed E-state index contributed by atoms with van der Waals surface area (Å²) in [6.07, 6.45) is 0. The predicted molar refractivity (Wildman–Crippen MR) is 106 cm³/mol. The van der Waals surface area contributed by atoms with E-state index in [1.54, 1.807) is 0 Å². The zero-order valence-electron chi connectivity index (χ0n) is 14.9. The summed E-state index contributed by atoms with van der Waals surface area (Å²) in [5, 5.41) is 0. The van der Waals surface area contributed by atoms with Crippen LogP contribution >= 0.6 is 0 Å². The Kier molecular flexibility index (Phi) is 4.09. The number of imidazole rings is 1. The Hall–Kier alpha value is -3.27. The third-order valence-corrected chi connectivity index (χ3v) is 4.62. The molecule has 3 aromatic carbocycles. The molecule has 0 amide bonds. The van der Waals surface area contributed by atoms with Crippen molar-refractivity contribution in [1.29, 1.82) is 0 Å². The lowest BCUT2D eigenvalue weighted by Gasteiger charge is -2.10. The van der Waals surface area contributed by atoms with Gasteiger partial charge < -0.3 is 15.5 Å². The summed E-state index contributed by atoms with van der Waals surface area (Å²) in [5.74, 6) is 1.49. The van der Waals surface area contributed by atoms with E-state index in [2.05, 4.69) is 31.0 Å². The molecule has 0 aliphatic carbocycles. The molecule has 0 saturated heterocycles. The largest absolute Gasteiger partial charge is 0.487 e. The third-order valence-electron chi connectivity index (χ3n) is 4.62. The molecule has 1 heterocycles. The van der Waals surface area contributed by atoms with Crippen molar-refractivity contribution in [2.75, 3.05) is 5.73 Å². The minimum absolute atomic E-state index is 0.494. The van der Waals surface area contributed by atoms with Gasteiger partial charge >= 0.3 is 0 Å². The molecule has 3 N–H and O–H groups in total. The Labute approximate surface area is 152 Å². The van der Waals surface area contributed by atoms with Gasteiger partial charge in [0.05, 0.1) is 16.7 Å². The van der Waals surface area contributed by atoms with Crippen molar-refractivity contribution in [2.24, 2.45) is 0 Å². The van der Waals surface area contributed by atoms with Crippen LogP contribution in [0.5, 0.6) is 5.75 Å². The van der Waals surface area contributed by atoms with E-state index >= 15 is 0 Å². The van der Waals surface area contributed by atoms with Crippen LogP contribution < -0.4 is 10.5 Å². The Bertz CT molecular complexity index is 1030. The number of hydrogen-bond acceptors (Lipinski definition) is 3. The number of benzene rings is 3. The van der Waals surface area contributed by atoms with Crippen LogP contribution in [-0.4, -0.2) is 9.97 Å². The molecule has 26 heavy (non-hydrogen) atoms. The normalized spacial score (nSPS) is 11.0. The van der Waals surface area contributed by atoms with Gasteiger partial charge in [-0.05, 0) is 60.9 Å². The highest BCUT2D eigenvalue weighted by atomic mass is 16.5. The molecule has 0 aliphatic heterocycles. The maximum Gasteiger partial charge on any atom is 0.142 e. The van der Waals surface area contributed by atoms with E-state index in [-0.39, 0.29) is 0 Å². The van der Waals surface area contributed by atoms with E-state index in [1.165, 1.54) is 11.1 Å². The molecular weight excluding hydrogens is 322 g/mol. The molecule has 0 saturated carbocycles. The molecule has 0 radical (unpaired) electrons. The van der Waals surface area contributed by atoms with E-state index in [0.717, 1.165) is 28.0 Å². The van der Waals surface area contributed by atoms with Crippen LogP contribution in [0.3, 0.4) is 0 Å². The number of fused-ring (bicyclic) bond motifs is 1. The molecule has 0 aliphatic rings. The van der Waals surface area contributed by atoms with Crippen LogP contribution in [0.1, 0.15) is 16.7 Å². The monoisotopic (exact) mass is 343 g/mol. The van der Waals surface area contributed by atoms with Crippen LogP contribution in [0.2, 0.25) is 0 Å². The standard InChI is InChI=1S/C22H21N3O/c1-14-10-19-20(11-15(14)2)25-22(24-19)17-8-9-21(18(23)12-17)26-13-16-6-4-3-5-7-16/h3-12H,13,23H2,1-2H3,(H,24,25). The lowest BCUT2D eigenvalue weighted by atomic mass is 10.1. The fourth-order valence-corrected chi connectivity index (χ4v) is 2.97. The van der Waals surface area contributed by atoms with Gasteiger partial charge in [0.25, 0.3) is 0 Å². The minimum atomic E-state index is 0.494. The van der Waals surface area contributed by atoms with Crippen molar-refractivity contribution in [3.05, 3.63) is 77.4 Å². The number of ether oxygens (including phenoxy) is 1. The Morgan fingerprint density at radius 2 is 1.73 bits per heavy atom. The van der Waals surface area contributed by atoms with Crippen LogP contribution in [0, 0.1) is 13.8 Å². The molecule has 4 nitrogen and oxygen atoms in total. The fraction of sp³-hybridized carbons (Fsp3) is 0.136. The number of aromatic nitrogens is 2. The highest BCUT2D eigenvalue weighted by Gasteiger charge is 2.09. The number of hydrogen-bond donors (Lipinski definition) is 2. The van der Waals surface area contributed by atoms with E-state index in [0.29, 0.717) is 18.0 Å². The number of aromatic amines is 1. The Morgan fingerprint density at radius 3 is 2.50 bits per heavy atom. The number of aryl methyl sites for hydroxylation is 2. The molecule has 0 fully saturated rings. The zero-order valence-corrected chi connectivity index (χ0v) is 14.9. The van der Waals surface area contributed by atoms with Crippen molar-refractivity contribution in [2.45, 2.75) is 20.5 Å². The van der Waals surface area contributed by atoms with Crippen LogP contribution in [0.4, 0.5) is 5.69 Å². The summed E-state index contributed by atoms with van der Waals surface area (Å²) in [6.45, 7) is 4.69. The quantitative estimate of drug-likeness (QED) is 0.512. The second kappa shape index (κ2) is 6.56. The molecule has 4 heteroatoms. The van der Waals surface area contributed by atoms with Gasteiger partial charge in [-0.15, -0.1) is 0 Å². The summed E-state index contributed by atoms with van der Waals surface area (Å²) < 4.78 is 5.85. The zero-order chi connectivity index (χ0) is 18.1. The van der Waals surface area contributed by atoms with E-state index in [1.807, 2.05) is 48.5 Å². The van der Waals surface area contributed by atoms with Crippen molar-refractivity contribution in [3.63, 3.8) is 0 Å². The second-order valence-corrected chi connectivity index (χ2v) is 6.57. The summed E-state index contributed by atoms with van der Waals surface area (Å²) >= 11 is 0. The fourth-order valence-electron chi connectivity index (χ4n) is 2.97. The number of nitrogens with zero attached hydrogens (tertiary/aromatic N) is 1. The van der Waals surface area contributed by atoms with Crippen molar-refractivity contribution in [1.82, 2.24) is 9.97 Å². The molecule has 4 rings (SSSR count). The van der Waals surface area contributed by atoms with E-state index in [9.17, 15) is 0 Å². The highest BCUT2D eigenvalue weighted by Crippen LogP contribution is 2.29. The summed E-state index contributed by atoms with van der Waals surface area (Å²) in [6, 6.07) is 20.1. The number of nitrogens with one attached hydrogen (secondary N) is 1.